The Morgan fingerprint density at radius 1 is 0.923 bits per heavy atom. The Hall–Kier alpha value is -2.98. The molecule has 4 nitrogen and oxygen atoms in total. The fourth-order valence-corrected chi connectivity index (χ4v) is 2.38. The number of anilines is 1. The molecule has 0 bridgehead atoms. The van der Waals surface area contributed by atoms with Crippen molar-refractivity contribution in [3.05, 3.63) is 83.4 Å². The van der Waals surface area contributed by atoms with Crippen molar-refractivity contribution in [1.29, 1.82) is 0 Å². The lowest BCUT2D eigenvalue weighted by Gasteiger charge is -2.13. The highest BCUT2D eigenvalue weighted by Crippen LogP contribution is 2.29. The number of carbonyl (C=O) groups excluding carboxylic acids is 1. The molecule has 1 N–H and O–H groups in total. The summed E-state index contributed by atoms with van der Waals surface area (Å²) in [5, 5.41) is 3.42. The fraction of sp³-hybridized carbons (Fsp3) is 0.0952. The molecule has 0 saturated heterocycles. The first-order valence-corrected chi connectivity index (χ1v) is 8.50. The van der Waals surface area contributed by atoms with Crippen molar-refractivity contribution in [2.45, 2.75) is 6.92 Å². The van der Waals surface area contributed by atoms with E-state index in [1.54, 1.807) is 36.4 Å². The Bertz CT molecular complexity index is 877. The quantitative estimate of drug-likeness (QED) is 0.629. The molecule has 0 heterocycles. The lowest BCUT2D eigenvalue weighted by molar-refractivity contribution is -0.118. The van der Waals surface area contributed by atoms with Crippen LogP contribution in [0.4, 0.5) is 5.69 Å². The van der Waals surface area contributed by atoms with Crippen molar-refractivity contribution >= 4 is 23.2 Å². The van der Waals surface area contributed by atoms with Gasteiger partial charge in [0.15, 0.2) is 12.4 Å². The molecule has 0 spiro atoms. The Morgan fingerprint density at radius 2 is 1.58 bits per heavy atom. The normalized spacial score (nSPS) is 10.2. The molecule has 1 amide bonds. The Kier molecular flexibility index (Phi) is 5.77. The van der Waals surface area contributed by atoms with E-state index in [0.717, 1.165) is 5.56 Å². The van der Waals surface area contributed by atoms with E-state index in [4.69, 9.17) is 21.1 Å². The van der Waals surface area contributed by atoms with Crippen LogP contribution in [0.3, 0.4) is 0 Å². The minimum absolute atomic E-state index is 0.111. The topological polar surface area (TPSA) is 47.6 Å². The number of carbonyl (C=O) groups is 1. The highest BCUT2D eigenvalue weighted by Gasteiger charge is 2.09. The zero-order valence-electron chi connectivity index (χ0n) is 14.2. The summed E-state index contributed by atoms with van der Waals surface area (Å²) in [6.07, 6.45) is 0. The number of benzene rings is 3. The van der Waals surface area contributed by atoms with Crippen molar-refractivity contribution in [3.8, 4) is 17.2 Å². The van der Waals surface area contributed by atoms with Gasteiger partial charge < -0.3 is 14.8 Å². The molecule has 3 aromatic rings. The molecule has 0 unspecified atom stereocenters. The van der Waals surface area contributed by atoms with Gasteiger partial charge in [-0.2, -0.15) is 0 Å². The van der Waals surface area contributed by atoms with Crippen LogP contribution in [0, 0.1) is 6.92 Å². The monoisotopic (exact) mass is 367 g/mol. The van der Waals surface area contributed by atoms with Gasteiger partial charge in [0.2, 0.25) is 0 Å². The van der Waals surface area contributed by atoms with Crippen molar-refractivity contribution in [2.24, 2.45) is 0 Å². The van der Waals surface area contributed by atoms with E-state index in [2.05, 4.69) is 5.32 Å². The van der Waals surface area contributed by atoms with Crippen LogP contribution in [0.15, 0.2) is 72.8 Å². The van der Waals surface area contributed by atoms with Crippen molar-refractivity contribution in [3.63, 3.8) is 0 Å². The van der Waals surface area contributed by atoms with Crippen LogP contribution < -0.4 is 14.8 Å². The molecule has 0 radical (unpaired) electrons. The fourth-order valence-electron chi connectivity index (χ4n) is 2.26. The third-order valence-electron chi connectivity index (χ3n) is 3.59. The maximum atomic E-state index is 12.2. The average molecular weight is 368 g/mol. The molecule has 3 rings (SSSR count). The van der Waals surface area contributed by atoms with Crippen LogP contribution >= 0.6 is 11.6 Å². The van der Waals surface area contributed by atoms with Gasteiger partial charge in [-0.05, 0) is 55.5 Å². The van der Waals surface area contributed by atoms with E-state index in [1.807, 2.05) is 43.3 Å². The molecule has 0 fully saturated rings. The summed E-state index contributed by atoms with van der Waals surface area (Å²) < 4.78 is 11.3. The van der Waals surface area contributed by atoms with Gasteiger partial charge in [0.05, 0.1) is 5.69 Å². The standard InChI is InChI=1S/C21H18ClNO3/c1-15-6-10-18(11-7-15)26-20-5-3-2-4-19(20)23-21(24)14-25-17-12-8-16(22)9-13-17/h2-13H,14H2,1H3,(H,23,24). The van der Waals surface area contributed by atoms with Gasteiger partial charge in [0.25, 0.3) is 5.91 Å². The molecular weight excluding hydrogens is 350 g/mol. The SMILES string of the molecule is Cc1ccc(Oc2ccccc2NC(=O)COc2ccc(Cl)cc2)cc1. The lowest BCUT2D eigenvalue weighted by Crippen LogP contribution is -2.20. The summed E-state index contributed by atoms with van der Waals surface area (Å²) in [5.74, 6) is 1.57. The van der Waals surface area contributed by atoms with Crippen LogP contribution in [-0.2, 0) is 4.79 Å². The largest absolute Gasteiger partial charge is 0.484 e. The van der Waals surface area contributed by atoms with Crippen LogP contribution in [0.2, 0.25) is 5.02 Å². The molecule has 0 aliphatic heterocycles. The second-order valence-electron chi connectivity index (χ2n) is 5.70. The average Bonchev–Trinajstić information content (AvgIpc) is 2.65. The molecule has 3 aromatic carbocycles. The summed E-state index contributed by atoms with van der Waals surface area (Å²) in [7, 11) is 0. The Morgan fingerprint density at radius 3 is 2.31 bits per heavy atom. The van der Waals surface area contributed by atoms with E-state index < -0.39 is 0 Å². The molecular formula is C21H18ClNO3. The second-order valence-corrected chi connectivity index (χ2v) is 6.14. The van der Waals surface area contributed by atoms with E-state index >= 15 is 0 Å². The molecule has 0 atom stereocenters. The third kappa shape index (κ3) is 5.01. The molecule has 26 heavy (non-hydrogen) atoms. The highest BCUT2D eigenvalue weighted by molar-refractivity contribution is 6.30. The zero-order chi connectivity index (χ0) is 18.4. The van der Waals surface area contributed by atoms with E-state index in [1.165, 1.54) is 0 Å². The first kappa shape index (κ1) is 17.8. The minimum Gasteiger partial charge on any atom is -0.484 e. The van der Waals surface area contributed by atoms with Gasteiger partial charge >= 0.3 is 0 Å². The molecule has 0 aliphatic rings. The van der Waals surface area contributed by atoms with Gasteiger partial charge in [0.1, 0.15) is 11.5 Å². The predicted octanol–water partition coefficient (Wildman–Crippen LogP) is 5.46. The van der Waals surface area contributed by atoms with Crippen LogP contribution in [0.1, 0.15) is 5.56 Å². The Labute approximate surface area is 157 Å². The molecule has 132 valence electrons. The van der Waals surface area contributed by atoms with Gasteiger partial charge in [-0.1, -0.05) is 41.4 Å². The first-order valence-electron chi connectivity index (χ1n) is 8.12. The van der Waals surface area contributed by atoms with Gasteiger partial charge in [-0.15, -0.1) is 0 Å². The number of hydrogen-bond acceptors (Lipinski definition) is 3. The Balaban J connectivity index is 1.62. The van der Waals surface area contributed by atoms with Gasteiger partial charge in [-0.3, -0.25) is 4.79 Å². The summed E-state index contributed by atoms with van der Waals surface area (Å²) in [6.45, 7) is 1.90. The number of ether oxygens (including phenoxy) is 2. The predicted molar refractivity (Wildman–Crippen MR) is 103 cm³/mol. The number of halogens is 1. The van der Waals surface area contributed by atoms with Gasteiger partial charge in [-0.25, -0.2) is 0 Å². The van der Waals surface area contributed by atoms with Crippen LogP contribution in [-0.4, -0.2) is 12.5 Å². The number of aryl methyl sites for hydroxylation is 1. The summed E-state index contributed by atoms with van der Waals surface area (Å²) in [4.78, 5) is 12.2. The van der Waals surface area contributed by atoms with E-state index in [9.17, 15) is 4.79 Å². The number of para-hydroxylation sites is 2. The summed E-state index contributed by atoms with van der Waals surface area (Å²) in [5.41, 5.74) is 1.73. The number of rotatable bonds is 6. The van der Waals surface area contributed by atoms with Crippen molar-refractivity contribution in [1.82, 2.24) is 0 Å². The number of nitrogens with one attached hydrogen (secondary N) is 1. The summed E-state index contributed by atoms with van der Waals surface area (Å²) >= 11 is 5.83. The smallest absolute Gasteiger partial charge is 0.262 e. The molecule has 5 heteroatoms. The first-order chi connectivity index (χ1) is 12.6. The molecule has 0 aromatic heterocycles. The lowest BCUT2D eigenvalue weighted by atomic mass is 10.2. The maximum Gasteiger partial charge on any atom is 0.262 e. The second kappa shape index (κ2) is 8.41. The third-order valence-corrected chi connectivity index (χ3v) is 3.85. The van der Waals surface area contributed by atoms with Gasteiger partial charge in [0, 0.05) is 5.02 Å². The number of amides is 1. The maximum absolute atomic E-state index is 12.2. The molecule has 0 aliphatic carbocycles. The highest BCUT2D eigenvalue weighted by atomic mass is 35.5. The summed E-state index contributed by atoms with van der Waals surface area (Å²) in [6, 6.07) is 21.8. The molecule has 0 saturated carbocycles. The minimum atomic E-state index is -0.278. The van der Waals surface area contributed by atoms with Crippen LogP contribution in [0.5, 0.6) is 17.2 Å². The zero-order valence-corrected chi connectivity index (χ0v) is 15.0. The number of hydrogen-bond donors (Lipinski definition) is 1. The van der Waals surface area contributed by atoms with E-state index in [0.29, 0.717) is 28.0 Å². The van der Waals surface area contributed by atoms with E-state index in [-0.39, 0.29) is 12.5 Å². The van der Waals surface area contributed by atoms with Crippen LogP contribution in [0.25, 0.3) is 0 Å². The van der Waals surface area contributed by atoms with Crippen molar-refractivity contribution < 1.29 is 14.3 Å². The van der Waals surface area contributed by atoms with Crippen molar-refractivity contribution in [2.75, 3.05) is 11.9 Å².